The van der Waals surface area contributed by atoms with Crippen LogP contribution in [0.5, 0.6) is 0 Å². The molecule has 0 atom stereocenters. The fraction of sp³-hybridized carbons (Fsp3) is 0.500. The van der Waals surface area contributed by atoms with Crippen LogP contribution in [-0.4, -0.2) is 29.8 Å². The molecular formula is C10H17N3O. The summed E-state index contributed by atoms with van der Waals surface area (Å²) in [4.78, 5) is 6.38. The Bertz CT molecular complexity index is 278. The molecule has 0 amide bonds. The van der Waals surface area contributed by atoms with E-state index in [0.717, 1.165) is 18.1 Å². The third-order valence-electron chi connectivity index (χ3n) is 2.08. The van der Waals surface area contributed by atoms with Crippen molar-refractivity contribution in [2.75, 3.05) is 24.6 Å². The zero-order valence-corrected chi connectivity index (χ0v) is 8.48. The number of aromatic nitrogens is 1. The van der Waals surface area contributed by atoms with Crippen LogP contribution in [0.15, 0.2) is 18.2 Å². The minimum Gasteiger partial charge on any atom is -0.395 e. The van der Waals surface area contributed by atoms with E-state index in [4.69, 9.17) is 10.8 Å². The summed E-state index contributed by atoms with van der Waals surface area (Å²) in [5.74, 6) is 0.879. The second-order valence-corrected chi connectivity index (χ2v) is 2.99. The first-order chi connectivity index (χ1) is 6.81. The standard InChI is InChI=1S/C10H17N3O/c1-2-13(6-7-14)10-5-3-4-9(8-11)12-10/h3-5,14H,2,6-8,11H2,1H3. The molecule has 1 heterocycles. The third-order valence-corrected chi connectivity index (χ3v) is 2.08. The smallest absolute Gasteiger partial charge is 0.128 e. The Labute approximate surface area is 84.4 Å². The first kappa shape index (κ1) is 10.9. The molecule has 0 bridgehead atoms. The van der Waals surface area contributed by atoms with Gasteiger partial charge in [-0.2, -0.15) is 0 Å². The van der Waals surface area contributed by atoms with Crippen LogP contribution in [-0.2, 0) is 6.54 Å². The van der Waals surface area contributed by atoms with Gasteiger partial charge in [0.05, 0.1) is 12.3 Å². The third kappa shape index (κ3) is 2.68. The molecule has 0 aliphatic rings. The zero-order valence-electron chi connectivity index (χ0n) is 8.48. The molecule has 4 heteroatoms. The van der Waals surface area contributed by atoms with E-state index in [1.807, 2.05) is 30.0 Å². The predicted molar refractivity (Wildman–Crippen MR) is 57.1 cm³/mol. The number of likely N-dealkylation sites (N-methyl/N-ethyl adjacent to an activating group) is 1. The number of pyridine rings is 1. The van der Waals surface area contributed by atoms with Gasteiger partial charge in [0.2, 0.25) is 0 Å². The Morgan fingerprint density at radius 2 is 2.29 bits per heavy atom. The van der Waals surface area contributed by atoms with Gasteiger partial charge in [-0.05, 0) is 19.1 Å². The molecule has 0 aromatic carbocycles. The SMILES string of the molecule is CCN(CCO)c1cccc(CN)n1. The maximum Gasteiger partial charge on any atom is 0.128 e. The zero-order chi connectivity index (χ0) is 10.4. The van der Waals surface area contributed by atoms with Crippen molar-refractivity contribution in [2.24, 2.45) is 5.73 Å². The summed E-state index contributed by atoms with van der Waals surface area (Å²) < 4.78 is 0. The van der Waals surface area contributed by atoms with E-state index < -0.39 is 0 Å². The first-order valence-corrected chi connectivity index (χ1v) is 4.83. The van der Waals surface area contributed by atoms with Gasteiger partial charge in [-0.15, -0.1) is 0 Å². The lowest BCUT2D eigenvalue weighted by Crippen LogP contribution is -2.27. The molecule has 0 saturated heterocycles. The van der Waals surface area contributed by atoms with Crippen molar-refractivity contribution in [1.29, 1.82) is 0 Å². The highest BCUT2D eigenvalue weighted by molar-refractivity contribution is 5.38. The van der Waals surface area contributed by atoms with Gasteiger partial charge in [-0.25, -0.2) is 4.98 Å². The molecule has 1 rings (SSSR count). The molecule has 0 aliphatic heterocycles. The van der Waals surface area contributed by atoms with Crippen LogP contribution in [0.2, 0.25) is 0 Å². The maximum absolute atomic E-state index is 8.86. The second-order valence-electron chi connectivity index (χ2n) is 2.99. The molecule has 0 radical (unpaired) electrons. The Morgan fingerprint density at radius 3 is 2.86 bits per heavy atom. The molecule has 0 saturated carbocycles. The van der Waals surface area contributed by atoms with Crippen LogP contribution in [0.3, 0.4) is 0 Å². The molecule has 0 unspecified atom stereocenters. The lowest BCUT2D eigenvalue weighted by molar-refractivity contribution is 0.302. The van der Waals surface area contributed by atoms with E-state index >= 15 is 0 Å². The monoisotopic (exact) mass is 195 g/mol. The van der Waals surface area contributed by atoms with Crippen molar-refractivity contribution in [3.63, 3.8) is 0 Å². The van der Waals surface area contributed by atoms with E-state index in [0.29, 0.717) is 13.1 Å². The van der Waals surface area contributed by atoms with Crippen molar-refractivity contribution in [3.05, 3.63) is 23.9 Å². The van der Waals surface area contributed by atoms with Crippen LogP contribution >= 0.6 is 0 Å². The van der Waals surface area contributed by atoms with Crippen LogP contribution in [0, 0.1) is 0 Å². The summed E-state index contributed by atoms with van der Waals surface area (Å²) in [6.07, 6.45) is 0. The number of nitrogens with two attached hydrogens (primary N) is 1. The summed E-state index contributed by atoms with van der Waals surface area (Å²) in [6.45, 7) is 4.07. The highest BCUT2D eigenvalue weighted by atomic mass is 16.3. The van der Waals surface area contributed by atoms with Gasteiger partial charge in [0, 0.05) is 19.6 Å². The predicted octanol–water partition coefficient (Wildman–Crippen LogP) is 0.359. The van der Waals surface area contributed by atoms with Crippen molar-refractivity contribution in [3.8, 4) is 0 Å². The molecule has 78 valence electrons. The van der Waals surface area contributed by atoms with Crippen LogP contribution < -0.4 is 10.6 Å². The highest BCUT2D eigenvalue weighted by Crippen LogP contribution is 2.10. The van der Waals surface area contributed by atoms with Crippen molar-refractivity contribution >= 4 is 5.82 Å². The summed E-state index contributed by atoms with van der Waals surface area (Å²) in [5, 5.41) is 8.86. The fourth-order valence-corrected chi connectivity index (χ4v) is 1.31. The van der Waals surface area contributed by atoms with Gasteiger partial charge >= 0.3 is 0 Å². The quantitative estimate of drug-likeness (QED) is 0.712. The van der Waals surface area contributed by atoms with Gasteiger partial charge in [-0.3, -0.25) is 0 Å². The van der Waals surface area contributed by atoms with E-state index in [1.165, 1.54) is 0 Å². The van der Waals surface area contributed by atoms with E-state index in [-0.39, 0.29) is 6.61 Å². The van der Waals surface area contributed by atoms with Crippen molar-refractivity contribution < 1.29 is 5.11 Å². The lowest BCUT2D eigenvalue weighted by atomic mass is 10.3. The Morgan fingerprint density at radius 1 is 1.50 bits per heavy atom. The Kier molecular flexibility index (Phi) is 4.35. The minimum absolute atomic E-state index is 0.141. The summed E-state index contributed by atoms with van der Waals surface area (Å²) in [6, 6.07) is 5.76. The average molecular weight is 195 g/mol. The number of hydrogen-bond acceptors (Lipinski definition) is 4. The molecule has 0 aliphatic carbocycles. The van der Waals surface area contributed by atoms with Gasteiger partial charge in [0.15, 0.2) is 0 Å². The molecule has 3 N–H and O–H groups in total. The summed E-state index contributed by atoms with van der Waals surface area (Å²) in [7, 11) is 0. The summed E-state index contributed by atoms with van der Waals surface area (Å²) >= 11 is 0. The van der Waals surface area contributed by atoms with Crippen LogP contribution in [0.1, 0.15) is 12.6 Å². The summed E-state index contributed by atoms with van der Waals surface area (Å²) in [5.41, 5.74) is 6.38. The van der Waals surface area contributed by atoms with Gasteiger partial charge in [0.1, 0.15) is 5.82 Å². The van der Waals surface area contributed by atoms with Crippen LogP contribution in [0.25, 0.3) is 0 Å². The Balaban J connectivity index is 2.80. The number of aliphatic hydroxyl groups is 1. The number of nitrogens with zero attached hydrogens (tertiary/aromatic N) is 2. The van der Waals surface area contributed by atoms with Gasteiger partial charge in [-0.1, -0.05) is 6.07 Å². The number of anilines is 1. The largest absolute Gasteiger partial charge is 0.395 e. The molecule has 4 nitrogen and oxygen atoms in total. The topological polar surface area (TPSA) is 62.4 Å². The Hall–Kier alpha value is -1.13. The molecule has 0 spiro atoms. The average Bonchev–Trinajstić information content (AvgIpc) is 2.26. The first-order valence-electron chi connectivity index (χ1n) is 4.83. The van der Waals surface area contributed by atoms with Gasteiger partial charge in [0.25, 0.3) is 0 Å². The van der Waals surface area contributed by atoms with E-state index in [2.05, 4.69) is 4.98 Å². The van der Waals surface area contributed by atoms with E-state index in [9.17, 15) is 0 Å². The molecule has 1 aromatic rings. The number of hydrogen-bond donors (Lipinski definition) is 2. The molecular weight excluding hydrogens is 178 g/mol. The second kappa shape index (κ2) is 5.57. The molecule has 1 aromatic heterocycles. The minimum atomic E-state index is 0.141. The number of aliphatic hydroxyl groups excluding tert-OH is 1. The molecule has 14 heavy (non-hydrogen) atoms. The van der Waals surface area contributed by atoms with Gasteiger partial charge < -0.3 is 15.7 Å². The maximum atomic E-state index is 8.86. The lowest BCUT2D eigenvalue weighted by Gasteiger charge is -2.20. The normalized spacial score (nSPS) is 10.2. The van der Waals surface area contributed by atoms with E-state index in [1.54, 1.807) is 0 Å². The fourth-order valence-electron chi connectivity index (χ4n) is 1.31. The van der Waals surface area contributed by atoms with Crippen molar-refractivity contribution in [2.45, 2.75) is 13.5 Å². The molecule has 0 fully saturated rings. The number of rotatable bonds is 5. The highest BCUT2D eigenvalue weighted by Gasteiger charge is 2.04. The van der Waals surface area contributed by atoms with Crippen LogP contribution in [0.4, 0.5) is 5.82 Å². The van der Waals surface area contributed by atoms with Crippen molar-refractivity contribution in [1.82, 2.24) is 4.98 Å².